The molecule has 11 heavy (non-hydrogen) atoms. The van der Waals surface area contributed by atoms with Crippen LogP contribution in [0, 0.1) is 0 Å². The Labute approximate surface area is 62.3 Å². The van der Waals surface area contributed by atoms with E-state index in [1.165, 1.54) is 12.1 Å². The molecule has 60 valence electrons. The molecule has 0 heterocycles. The number of hydrogen-bond donors (Lipinski definition) is 2. The molecule has 0 aliphatic heterocycles. The monoisotopic (exact) mass is 159 g/mol. The van der Waals surface area contributed by atoms with Crippen molar-refractivity contribution in [2.75, 3.05) is 5.73 Å². The predicted octanol–water partition coefficient (Wildman–Crippen LogP) is 1.31. The summed E-state index contributed by atoms with van der Waals surface area (Å²) in [7, 11) is 0. The Kier molecular flexibility index (Phi) is 1.78. The van der Waals surface area contributed by atoms with Crippen LogP contribution in [-0.2, 0) is 6.11 Å². The van der Waals surface area contributed by atoms with Crippen LogP contribution < -0.4 is 5.73 Å². The summed E-state index contributed by atoms with van der Waals surface area (Å²) < 4.78 is 24.2. The van der Waals surface area contributed by atoms with Crippen LogP contribution in [0.4, 0.5) is 14.5 Å². The highest BCUT2D eigenvalue weighted by Gasteiger charge is 2.26. The zero-order valence-corrected chi connectivity index (χ0v) is 5.59. The first kappa shape index (κ1) is 7.94. The van der Waals surface area contributed by atoms with E-state index >= 15 is 0 Å². The normalized spacial score (nSPS) is 11.5. The number of benzene rings is 1. The van der Waals surface area contributed by atoms with Gasteiger partial charge in [0.1, 0.15) is 0 Å². The maximum absolute atomic E-state index is 12.1. The third-order valence-corrected chi connectivity index (χ3v) is 1.26. The van der Waals surface area contributed by atoms with Crippen molar-refractivity contribution in [3.63, 3.8) is 0 Å². The third-order valence-electron chi connectivity index (χ3n) is 1.26. The second kappa shape index (κ2) is 2.47. The van der Waals surface area contributed by atoms with Crippen molar-refractivity contribution in [2.45, 2.75) is 6.11 Å². The molecule has 0 unspecified atom stereocenters. The molecule has 0 aliphatic carbocycles. The summed E-state index contributed by atoms with van der Waals surface area (Å²) in [6.45, 7) is 0. The number of rotatable bonds is 1. The number of aliphatic hydroxyl groups is 1. The molecule has 1 aromatic rings. The molecule has 1 aromatic carbocycles. The minimum Gasteiger partial charge on any atom is -0.399 e. The van der Waals surface area contributed by atoms with E-state index in [-0.39, 0.29) is 0 Å². The van der Waals surface area contributed by atoms with Crippen LogP contribution in [0.1, 0.15) is 5.56 Å². The van der Waals surface area contributed by atoms with Crippen LogP contribution in [-0.4, -0.2) is 5.11 Å². The first-order valence-electron chi connectivity index (χ1n) is 2.96. The highest BCUT2D eigenvalue weighted by molar-refractivity contribution is 5.39. The van der Waals surface area contributed by atoms with Crippen molar-refractivity contribution >= 4 is 5.69 Å². The number of hydrogen-bond acceptors (Lipinski definition) is 2. The van der Waals surface area contributed by atoms with Crippen LogP contribution in [0.3, 0.4) is 0 Å². The maximum Gasteiger partial charge on any atom is 0.380 e. The van der Waals surface area contributed by atoms with Gasteiger partial charge in [0.2, 0.25) is 0 Å². The second-order valence-electron chi connectivity index (χ2n) is 2.16. The summed E-state index contributed by atoms with van der Waals surface area (Å²) in [5.41, 5.74) is 5.18. The average Bonchev–Trinajstić information content (AvgIpc) is 1.86. The molecular weight excluding hydrogens is 152 g/mol. The summed E-state index contributed by atoms with van der Waals surface area (Å²) in [5, 5.41) is 8.21. The quantitative estimate of drug-likeness (QED) is 0.607. The first-order valence-corrected chi connectivity index (χ1v) is 2.96. The first-order chi connectivity index (χ1) is 5.00. The summed E-state index contributed by atoms with van der Waals surface area (Å²) in [6, 6.07) is 4.77. The van der Waals surface area contributed by atoms with Crippen LogP contribution in [0.25, 0.3) is 0 Å². The molecule has 0 bridgehead atoms. The summed E-state index contributed by atoms with van der Waals surface area (Å²) >= 11 is 0. The van der Waals surface area contributed by atoms with E-state index in [1.54, 1.807) is 0 Å². The Balaban J connectivity index is 2.99. The Hall–Kier alpha value is -1.16. The van der Waals surface area contributed by atoms with Crippen molar-refractivity contribution in [2.24, 2.45) is 0 Å². The van der Waals surface area contributed by atoms with Gasteiger partial charge in [-0.05, 0) is 24.3 Å². The molecule has 0 aliphatic rings. The lowest BCUT2D eigenvalue weighted by atomic mass is 10.2. The number of nitrogen functional groups attached to an aromatic ring is 1. The molecule has 0 spiro atoms. The van der Waals surface area contributed by atoms with Crippen LogP contribution in [0.2, 0.25) is 0 Å². The van der Waals surface area contributed by atoms with E-state index in [2.05, 4.69) is 0 Å². The Morgan fingerprint density at radius 3 is 2.00 bits per heavy atom. The van der Waals surface area contributed by atoms with E-state index in [1.807, 2.05) is 0 Å². The lowest BCUT2D eigenvalue weighted by molar-refractivity contribution is -0.208. The fourth-order valence-corrected chi connectivity index (χ4v) is 0.684. The molecule has 3 N–H and O–H groups in total. The van der Waals surface area contributed by atoms with Gasteiger partial charge in [-0.25, -0.2) is 0 Å². The standard InChI is InChI=1S/C7H7F2NO/c8-7(9,11)5-1-3-6(10)4-2-5/h1-4,11H,10H2. The highest BCUT2D eigenvalue weighted by atomic mass is 19.3. The van der Waals surface area contributed by atoms with Crippen molar-refractivity contribution in [1.29, 1.82) is 0 Å². The molecule has 0 fully saturated rings. The van der Waals surface area contributed by atoms with Gasteiger partial charge >= 0.3 is 6.11 Å². The van der Waals surface area contributed by atoms with Gasteiger partial charge < -0.3 is 10.8 Å². The largest absolute Gasteiger partial charge is 0.399 e. The van der Waals surface area contributed by atoms with Gasteiger partial charge in [0, 0.05) is 5.69 Å². The van der Waals surface area contributed by atoms with Crippen LogP contribution in [0.15, 0.2) is 24.3 Å². The van der Waals surface area contributed by atoms with Gasteiger partial charge in [0.15, 0.2) is 0 Å². The molecule has 1 rings (SSSR count). The minimum atomic E-state index is -3.77. The van der Waals surface area contributed by atoms with E-state index in [4.69, 9.17) is 10.8 Å². The molecule has 0 saturated carbocycles. The van der Waals surface area contributed by atoms with Crippen molar-refractivity contribution in [3.8, 4) is 0 Å². The molecule has 0 radical (unpaired) electrons. The number of alkyl halides is 2. The van der Waals surface area contributed by atoms with Gasteiger partial charge in [-0.3, -0.25) is 0 Å². The van der Waals surface area contributed by atoms with Gasteiger partial charge in [0.25, 0.3) is 0 Å². The molecule has 2 nitrogen and oxygen atoms in total. The fourth-order valence-electron chi connectivity index (χ4n) is 0.684. The van der Waals surface area contributed by atoms with Gasteiger partial charge in [-0.2, -0.15) is 8.78 Å². The van der Waals surface area contributed by atoms with Gasteiger partial charge in [-0.1, -0.05) is 0 Å². The van der Waals surface area contributed by atoms with E-state index in [0.29, 0.717) is 5.69 Å². The molecule has 0 amide bonds. The second-order valence-corrected chi connectivity index (χ2v) is 2.16. The Bertz CT molecular complexity index is 240. The smallest absolute Gasteiger partial charge is 0.380 e. The highest BCUT2D eigenvalue weighted by Crippen LogP contribution is 2.24. The minimum absolute atomic E-state index is 0.387. The maximum atomic E-state index is 12.1. The Morgan fingerprint density at radius 1 is 1.18 bits per heavy atom. The molecular formula is C7H7F2NO. The predicted molar refractivity (Wildman–Crippen MR) is 37.0 cm³/mol. The zero-order chi connectivity index (χ0) is 8.48. The van der Waals surface area contributed by atoms with Crippen molar-refractivity contribution < 1.29 is 13.9 Å². The third kappa shape index (κ3) is 1.88. The van der Waals surface area contributed by atoms with Crippen molar-refractivity contribution in [1.82, 2.24) is 0 Å². The van der Waals surface area contributed by atoms with Gasteiger partial charge in [-0.15, -0.1) is 0 Å². The topological polar surface area (TPSA) is 46.2 Å². The van der Waals surface area contributed by atoms with Crippen molar-refractivity contribution in [3.05, 3.63) is 29.8 Å². The summed E-state index contributed by atoms with van der Waals surface area (Å²) in [6.07, 6.45) is -3.77. The fraction of sp³-hybridized carbons (Fsp3) is 0.143. The number of halogens is 2. The molecule has 0 aromatic heterocycles. The average molecular weight is 159 g/mol. The lowest BCUT2D eigenvalue weighted by Gasteiger charge is -2.07. The SMILES string of the molecule is Nc1ccc(C(O)(F)F)cc1. The number of nitrogens with two attached hydrogens (primary N) is 1. The van der Waals surface area contributed by atoms with E-state index in [0.717, 1.165) is 12.1 Å². The van der Waals surface area contributed by atoms with E-state index in [9.17, 15) is 8.78 Å². The van der Waals surface area contributed by atoms with Crippen LogP contribution >= 0.6 is 0 Å². The lowest BCUT2D eigenvalue weighted by Crippen LogP contribution is -2.10. The molecule has 4 heteroatoms. The van der Waals surface area contributed by atoms with Gasteiger partial charge in [0.05, 0.1) is 5.56 Å². The number of anilines is 1. The molecule has 0 atom stereocenters. The Morgan fingerprint density at radius 2 is 1.64 bits per heavy atom. The summed E-state index contributed by atoms with van der Waals surface area (Å²) in [5.74, 6) is 0. The molecule has 0 saturated heterocycles. The zero-order valence-electron chi connectivity index (χ0n) is 5.59. The van der Waals surface area contributed by atoms with Crippen LogP contribution in [0.5, 0.6) is 0 Å². The summed E-state index contributed by atoms with van der Waals surface area (Å²) in [4.78, 5) is 0. The van der Waals surface area contributed by atoms with E-state index < -0.39 is 11.7 Å².